The van der Waals surface area contributed by atoms with E-state index in [0.29, 0.717) is 5.56 Å². The number of hydrogen-bond acceptors (Lipinski definition) is 14. The summed E-state index contributed by atoms with van der Waals surface area (Å²) in [5.41, 5.74) is -3.25. The van der Waals surface area contributed by atoms with Crippen LogP contribution in [0.3, 0.4) is 0 Å². The molecule has 6 N–H and O–H groups in total. The summed E-state index contributed by atoms with van der Waals surface area (Å²) in [7, 11) is 1.31. The van der Waals surface area contributed by atoms with Crippen LogP contribution >= 0.6 is 0 Å². The first-order valence-electron chi connectivity index (χ1n) is 15.5. The number of ketones is 3. The number of rotatable bonds is 9. The van der Waals surface area contributed by atoms with Gasteiger partial charge in [-0.1, -0.05) is 24.3 Å². The SMILES string of the molecule is COc1cccc2c1C(=O)c1c(O)c3c(c(O)c1C2=O)C[C@@](O)(C(=O)CO)C[C@@H]3O[C@H]1C[C@H](NCc2ccc([N+](=O)[O-])cc2)[C@H](O)[C@H](C)O1. The van der Waals surface area contributed by atoms with E-state index in [2.05, 4.69) is 5.32 Å². The van der Waals surface area contributed by atoms with Gasteiger partial charge in [-0.2, -0.15) is 0 Å². The monoisotopic (exact) mass is 678 g/mol. The zero-order valence-corrected chi connectivity index (χ0v) is 26.4. The van der Waals surface area contributed by atoms with E-state index in [1.54, 1.807) is 19.1 Å². The molecule has 1 fully saturated rings. The Kier molecular flexibility index (Phi) is 9.00. The molecule has 49 heavy (non-hydrogen) atoms. The Bertz CT molecular complexity index is 1860. The summed E-state index contributed by atoms with van der Waals surface area (Å²) >= 11 is 0. The second kappa shape index (κ2) is 12.9. The third-order valence-corrected chi connectivity index (χ3v) is 9.48. The van der Waals surface area contributed by atoms with Crippen molar-refractivity contribution in [2.45, 2.75) is 69.0 Å². The lowest BCUT2D eigenvalue weighted by Crippen LogP contribution is -2.54. The Morgan fingerprint density at radius 1 is 1.08 bits per heavy atom. The molecule has 6 atom stereocenters. The fourth-order valence-electron chi connectivity index (χ4n) is 6.90. The second-order valence-electron chi connectivity index (χ2n) is 12.4. The third-order valence-electron chi connectivity index (χ3n) is 9.48. The topological polar surface area (TPSA) is 235 Å². The molecule has 0 spiro atoms. The average molecular weight is 679 g/mol. The van der Waals surface area contributed by atoms with Crippen LogP contribution in [0.1, 0.15) is 74.4 Å². The summed E-state index contributed by atoms with van der Waals surface area (Å²) in [6.45, 7) is 0.757. The number of benzene rings is 3. The number of aliphatic hydroxyl groups excluding tert-OH is 2. The van der Waals surface area contributed by atoms with E-state index < -0.39 is 101 Å². The molecular weight excluding hydrogens is 644 g/mol. The summed E-state index contributed by atoms with van der Waals surface area (Å²) in [5.74, 6) is -3.95. The van der Waals surface area contributed by atoms with E-state index in [-0.39, 0.29) is 46.7 Å². The van der Waals surface area contributed by atoms with Gasteiger partial charge < -0.3 is 45.1 Å². The number of aromatic hydroxyl groups is 2. The Hall–Kier alpha value is -4.77. The van der Waals surface area contributed by atoms with Gasteiger partial charge in [0.25, 0.3) is 5.69 Å². The van der Waals surface area contributed by atoms with Crippen LogP contribution < -0.4 is 10.1 Å². The number of hydrogen-bond donors (Lipinski definition) is 6. The number of Topliss-reactive ketones (excluding diaryl/α,β-unsaturated/α-hetero) is 1. The van der Waals surface area contributed by atoms with Gasteiger partial charge >= 0.3 is 0 Å². The molecule has 0 aromatic heterocycles. The number of nitro benzene ring substituents is 1. The van der Waals surface area contributed by atoms with Crippen LogP contribution in [0.5, 0.6) is 17.2 Å². The molecule has 15 heteroatoms. The van der Waals surface area contributed by atoms with Crippen molar-refractivity contribution in [3.8, 4) is 17.2 Å². The standard InChI is InChI=1S/C34H34N2O13/c1-15-29(39)20(35-13-16-6-8-17(9-7-16)36(45)46)10-24(48-15)49-22-12-34(44,23(38)14-37)11-19-26(22)33(43)28-27(31(19)41)30(40)18-4-3-5-21(47-2)25(18)32(28)42/h3-9,15,20,22,24,29,35,37,39,41,43-44H,10-14H2,1-2H3/t15-,20-,22-,24-,29+,34-/m0/s1. The van der Waals surface area contributed by atoms with Crippen LogP contribution in [-0.2, 0) is 27.2 Å². The van der Waals surface area contributed by atoms with Crippen LogP contribution in [0.4, 0.5) is 5.69 Å². The molecule has 0 amide bonds. The molecule has 1 heterocycles. The Balaban J connectivity index is 1.36. The first kappa shape index (κ1) is 34.1. The molecule has 6 rings (SSSR count). The second-order valence-corrected chi connectivity index (χ2v) is 12.4. The molecule has 1 saturated heterocycles. The van der Waals surface area contributed by atoms with E-state index in [1.165, 1.54) is 37.4 Å². The zero-order valence-electron chi connectivity index (χ0n) is 26.4. The maximum absolute atomic E-state index is 13.9. The van der Waals surface area contributed by atoms with Gasteiger partial charge in [-0.05, 0) is 18.6 Å². The van der Waals surface area contributed by atoms with E-state index in [0.717, 1.165) is 0 Å². The van der Waals surface area contributed by atoms with E-state index in [4.69, 9.17) is 14.2 Å². The molecule has 3 aromatic carbocycles. The molecule has 2 aliphatic carbocycles. The van der Waals surface area contributed by atoms with Gasteiger partial charge in [0, 0.05) is 60.7 Å². The van der Waals surface area contributed by atoms with Crippen LogP contribution in [0.25, 0.3) is 0 Å². The van der Waals surface area contributed by atoms with Crippen molar-refractivity contribution in [1.82, 2.24) is 5.32 Å². The number of phenols is 2. The van der Waals surface area contributed by atoms with Crippen molar-refractivity contribution in [2.75, 3.05) is 13.7 Å². The van der Waals surface area contributed by atoms with Gasteiger partial charge in [0.05, 0.1) is 47.0 Å². The molecule has 3 aromatic rings. The highest BCUT2D eigenvalue weighted by atomic mass is 16.7. The maximum Gasteiger partial charge on any atom is 0.269 e. The Labute approximate surface area is 278 Å². The fourth-order valence-corrected chi connectivity index (χ4v) is 6.90. The smallest absolute Gasteiger partial charge is 0.269 e. The van der Waals surface area contributed by atoms with E-state index >= 15 is 0 Å². The summed E-state index contributed by atoms with van der Waals surface area (Å²) in [6.07, 6.45) is -5.49. The normalized spacial score (nSPS) is 26.0. The van der Waals surface area contributed by atoms with E-state index in [9.17, 15) is 50.0 Å². The van der Waals surface area contributed by atoms with Gasteiger partial charge in [0.2, 0.25) is 5.78 Å². The van der Waals surface area contributed by atoms with Crippen molar-refractivity contribution in [1.29, 1.82) is 0 Å². The van der Waals surface area contributed by atoms with Crippen molar-refractivity contribution >= 4 is 23.0 Å². The summed E-state index contributed by atoms with van der Waals surface area (Å²) < 4.78 is 17.5. The Morgan fingerprint density at radius 2 is 1.78 bits per heavy atom. The van der Waals surface area contributed by atoms with E-state index in [1.807, 2.05) is 0 Å². The van der Waals surface area contributed by atoms with Gasteiger partial charge in [-0.15, -0.1) is 0 Å². The largest absolute Gasteiger partial charge is 0.507 e. The van der Waals surface area contributed by atoms with Crippen molar-refractivity contribution in [3.05, 3.63) is 91.5 Å². The number of non-ortho nitro benzene ring substituents is 1. The number of nitrogens with one attached hydrogen (secondary N) is 1. The van der Waals surface area contributed by atoms with Crippen molar-refractivity contribution in [3.63, 3.8) is 0 Å². The number of nitrogens with zero attached hydrogens (tertiary/aromatic N) is 1. The summed E-state index contributed by atoms with van der Waals surface area (Å²) in [6, 6.07) is 9.55. The minimum atomic E-state index is -2.30. The molecule has 258 valence electrons. The number of nitro groups is 1. The maximum atomic E-state index is 13.9. The van der Waals surface area contributed by atoms with Crippen molar-refractivity contribution in [2.24, 2.45) is 0 Å². The molecule has 0 bridgehead atoms. The molecular formula is C34H34N2O13. The number of phenolic OH excluding ortho intramolecular Hbond substituents is 2. The minimum Gasteiger partial charge on any atom is -0.507 e. The number of carbonyl (C=O) groups is 3. The van der Waals surface area contributed by atoms with Gasteiger partial charge in [0.15, 0.2) is 17.9 Å². The lowest BCUT2D eigenvalue weighted by atomic mass is 9.72. The van der Waals surface area contributed by atoms with Crippen LogP contribution in [0.15, 0.2) is 42.5 Å². The lowest BCUT2D eigenvalue weighted by molar-refractivity contribution is -0.384. The molecule has 15 nitrogen and oxygen atoms in total. The van der Waals surface area contributed by atoms with Crippen LogP contribution in [0.2, 0.25) is 0 Å². The average Bonchev–Trinajstić information content (AvgIpc) is 3.08. The first-order chi connectivity index (χ1) is 23.3. The fraction of sp³-hybridized carbons (Fsp3) is 0.382. The number of aliphatic hydroxyl groups is 3. The van der Waals surface area contributed by atoms with Crippen LogP contribution in [-0.4, -0.2) is 91.7 Å². The number of ether oxygens (including phenoxy) is 3. The molecule has 3 aliphatic rings. The molecule has 0 saturated carbocycles. The predicted molar refractivity (Wildman–Crippen MR) is 168 cm³/mol. The Morgan fingerprint density at radius 3 is 2.43 bits per heavy atom. The highest BCUT2D eigenvalue weighted by molar-refractivity contribution is 6.31. The quantitative estimate of drug-likeness (QED) is 0.0841. The number of fused-ring (bicyclic) bond motifs is 3. The summed E-state index contributed by atoms with van der Waals surface area (Å²) in [5, 5.41) is 69.5. The molecule has 1 aliphatic heterocycles. The zero-order chi connectivity index (χ0) is 35.4. The molecule has 0 radical (unpaired) electrons. The number of methoxy groups -OCH3 is 1. The van der Waals surface area contributed by atoms with Gasteiger partial charge in [0.1, 0.15) is 29.5 Å². The molecule has 0 unspecified atom stereocenters. The lowest BCUT2D eigenvalue weighted by Gasteiger charge is -2.43. The highest BCUT2D eigenvalue weighted by Crippen LogP contribution is 2.52. The predicted octanol–water partition coefficient (Wildman–Crippen LogP) is 1.74. The van der Waals surface area contributed by atoms with Crippen LogP contribution in [0, 0.1) is 10.1 Å². The number of carbonyl (C=O) groups excluding carboxylic acids is 3. The first-order valence-corrected chi connectivity index (χ1v) is 15.5. The third kappa shape index (κ3) is 5.83. The minimum absolute atomic E-state index is 0.0103. The summed E-state index contributed by atoms with van der Waals surface area (Å²) in [4.78, 5) is 50.9. The highest BCUT2D eigenvalue weighted by Gasteiger charge is 2.50. The van der Waals surface area contributed by atoms with Crippen molar-refractivity contribution < 1.29 is 59.1 Å². The van der Waals surface area contributed by atoms with Gasteiger partial charge in [-0.3, -0.25) is 24.5 Å². The van der Waals surface area contributed by atoms with Gasteiger partial charge in [-0.25, -0.2) is 0 Å².